The lowest BCUT2D eigenvalue weighted by molar-refractivity contribution is -0.140. The number of rotatable bonds is 5. The minimum absolute atomic E-state index is 0.0228. The quantitative estimate of drug-likeness (QED) is 0.309. The third-order valence-corrected chi connectivity index (χ3v) is 8.15. The third kappa shape index (κ3) is 4.55. The van der Waals surface area contributed by atoms with Crippen LogP contribution in [0.3, 0.4) is 0 Å². The van der Waals surface area contributed by atoms with Crippen molar-refractivity contribution in [3.05, 3.63) is 71.1 Å². The summed E-state index contributed by atoms with van der Waals surface area (Å²) in [5, 5.41) is 0.309. The van der Waals surface area contributed by atoms with E-state index in [4.69, 9.17) is 11.6 Å². The van der Waals surface area contributed by atoms with E-state index >= 15 is 0 Å². The van der Waals surface area contributed by atoms with Gasteiger partial charge in [-0.1, -0.05) is 30.7 Å². The molecule has 4 rings (SSSR count). The molecule has 3 aromatic heterocycles. The van der Waals surface area contributed by atoms with Crippen molar-refractivity contribution >= 4 is 32.8 Å². The van der Waals surface area contributed by atoms with E-state index in [1.165, 1.54) is 22.1 Å². The zero-order chi connectivity index (χ0) is 24.0. The van der Waals surface area contributed by atoms with Crippen molar-refractivity contribution in [2.24, 2.45) is 0 Å². The van der Waals surface area contributed by atoms with Gasteiger partial charge in [0.05, 0.1) is 21.3 Å². The molecule has 0 radical (unpaired) electrons. The fourth-order valence-corrected chi connectivity index (χ4v) is 5.53. The monoisotopic (exact) mass is 511 g/mol. The lowest BCUT2D eigenvalue weighted by atomic mass is 10.2. The molecule has 0 unspecified atom stereocenters. The Morgan fingerprint density at radius 2 is 1.82 bits per heavy atom. The molecule has 0 fully saturated rings. The van der Waals surface area contributed by atoms with Gasteiger partial charge in [0.15, 0.2) is 26.4 Å². The maximum Gasteiger partial charge on any atom is 0.434 e. The molecule has 11 heteroatoms. The molecule has 0 saturated heterocycles. The summed E-state index contributed by atoms with van der Waals surface area (Å²) in [7, 11) is -3.46. The second kappa shape index (κ2) is 8.58. The maximum absolute atomic E-state index is 13.4. The summed E-state index contributed by atoms with van der Waals surface area (Å²) < 4.78 is 65.9. The van der Waals surface area contributed by atoms with E-state index in [0.717, 1.165) is 6.20 Å². The highest BCUT2D eigenvalue weighted by molar-refractivity contribution is 7.91. The first-order valence-electron chi connectivity index (χ1n) is 9.72. The summed E-state index contributed by atoms with van der Waals surface area (Å²) in [5.41, 5.74) is 0.504. The van der Waals surface area contributed by atoms with E-state index in [9.17, 15) is 21.6 Å². The molecule has 0 N–H and O–H groups in total. The fraction of sp³-hybridized carbons (Fsp3) is 0.182. The number of pyridine rings is 1. The standard InChI is InChI=1S/C22H17ClF3N3O2S2/c1-3-33(30,31)21-13(2)10-14(11-27-21)17-8-9-18(32-17)20-28-19(22(24,25)26)12-29(20)16-7-5-4-6-15(16)23/h4-12H,3H2,1-2H3. The summed E-state index contributed by atoms with van der Waals surface area (Å²) in [6.45, 7) is 3.21. The predicted molar refractivity (Wildman–Crippen MR) is 123 cm³/mol. The highest BCUT2D eigenvalue weighted by atomic mass is 35.5. The second-order valence-electron chi connectivity index (χ2n) is 7.18. The summed E-state index contributed by atoms with van der Waals surface area (Å²) >= 11 is 7.46. The van der Waals surface area contributed by atoms with Crippen molar-refractivity contribution in [3.63, 3.8) is 0 Å². The Hall–Kier alpha value is -2.69. The van der Waals surface area contributed by atoms with Crippen molar-refractivity contribution in [3.8, 4) is 26.8 Å². The van der Waals surface area contributed by atoms with Gasteiger partial charge in [0, 0.05) is 22.8 Å². The van der Waals surface area contributed by atoms with E-state index in [0.29, 0.717) is 26.6 Å². The number of sulfone groups is 1. The third-order valence-electron chi connectivity index (χ3n) is 4.92. The van der Waals surface area contributed by atoms with Crippen molar-refractivity contribution in [1.82, 2.24) is 14.5 Å². The summed E-state index contributed by atoms with van der Waals surface area (Å²) in [5.74, 6) is 0.0387. The van der Waals surface area contributed by atoms with E-state index in [1.54, 1.807) is 56.3 Å². The molecule has 0 saturated carbocycles. The van der Waals surface area contributed by atoms with E-state index in [-0.39, 0.29) is 21.6 Å². The molecule has 0 atom stereocenters. The zero-order valence-corrected chi connectivity index (χ0v) is 19.8. The van der Waals surface area contributed by atoms with Crippen LogP contribution >= 0.6 is 22.9 Å². The van der Waals surface area contributed by atoms with Crippen LogP contribution in [0.25, 0.3) is 26.8 Å². The molecule has 0 aliphatic carbocycles. The molecule has 5 nitrogen and oxygen atoms in total. The predicted octanol–water partition coefficient (Wildman–Crippen LogP) is 6.44. The Morgan fingerprint density at radius 3 is 2.45 bits per heavy atom. The zero-order valence-electron chi connectivity index (χ0n) is 17.4. The first kappa shape index (κ1) is 23.5. The molecular weight excluding hydrogens is 495 g/mol. The average molecular weight is 512 g/mol. The number of aryl methyl sites for hydroxylation is 1. The SMILES string of the molecule is CCS(=O)(=O)c1ncc(-c2ccc(-c3nc(C(F)(F)F)cn3-c3ccccc3Cl)s2)cc1C. The van der Waals surface area contributed by atoms with Gasteiger partial charge < -0.3 is 0 Å². The number of para-hydroxylation sites is 1. The van der Waals surface area contributed by atoms with E-state index in [1.807, 2.05) is 0 Å². The molecule has 0 amide bonds. The van der Waals surface area contributed by atoms with Crippen molar-refractivity contribution in [2.45, 2.75) is 25.0 Å². The molecule has 3 heterocycles. The molecule has 1 aromatic carbocycles. The smallest absolute Gasteiger partial charge is 0.297 e. The average Bonchev–Trinajstić information content (AvgIpc) is 3.41. The van der Waals surface area contributed by atoms with Gasteiger partial charge in [-0.3, -0.25) is 4.57 Å². The van der Waals surface area contributed by atoms with Gasteiger partial charge in [-0.2, -0.15) is 13.2 Å². The molecule has 4 aromatic rings. The van der Waals surface area contributed by atoms with Crippen molar-refractivity contribution < 1.29 is 21.6 Å². The minimum Gasteiger partial charge on any atom is -0.297 e. The number of hydrogen-bond donors (Lipinski definition) is 0. The lowest BCUT2D eigenvalue weighted by Crippen LogP contribution is -2.08. The van der Waals surface area contributed by atoms with E-state index < -0.39 is 21.7 Å². The van der Waals surface area contributed by atoms with Gasteiger partial charge in [-0.25, -0.2) is 18.4 Å². The molecule has 0 bridgehead atoms. The van der Waals surface area contributed by atoms with Crippen LogP contribution in [0.2, 0.25) is 5.02 Å². The highest BCUT2D eigenvalue weighted by Crippen LogP contribution is 2.39. The lowest BCUT2D eigenvalue weighted by Gasteiger charge is -2.08. The molecular formula is C22H17ClF3N3O2S2. The minimum atomic E-state index is -4.62. The number of imidazole rings is 1. The second-order valence-corrected chi connectivity index (χ2v) is 10.9. The number of halogens is 4. The number of benzene rings is 1. The Labute approximate surface area is 197 Å². The normalized spacial score (nSPS) is 12.3. The number of alkyl halides is 3. The van der Waals surface area contributed by atoms with Crippen LogP contribution in [0.5, 0.6) is 0 Å². The first-order chi connectivity index (χ1) is 15.5. The Morgan fingerprint density at radius 1 is 1.12 bits per heavy atom. The Kier molecular flexibility index (Phi) is 6.10. The van der Waals surface area contributed by atoms with Crippen LogP contribution in [0.4, 0.5) is 13.2 Å². The van der Waals surface area contributed by atoms with Crippen molar-refractivity contribution in [2.75, 3.05) is 5.75 Å². The van der Waals surface area contributed by atoms with E-state index in [2.05, 4.69) is 9.97 Å². The highest BCUT2D eigenvalue weighted by Gasteiger charge is 2.35. The molecule has 0 aliphatic heterocycles. The Balaban J connectivity index is 1.80. The maximum atomic E-state index is 13.4. The van der Waals surface area contributed by atoms with Crippen LogP contribution in [0.1, 0.15) is 18.2 Å². The van der Waals surface area contributed by atoms with Crippen LogP contribution in [-0.4, -0.2) is 28.7 Å². The van der Waals surface area contributed by atoms with Crippen LogP contribution in [0.15, 0.2) is 59.9 Å². The van der Waals surface area contributed by atoms with Gasteiger partial charge in [-0.15, -0.1) is 11.3 Å². The number of nitrogens with zero attached hydrogens (tertiary/aromatic N) is 3. The largest absolute Gasteiger partial charge is 0.434 e. The molecule has 0 spiro atoms. The Bertz CT molecular complexity index is 1440. The van der Waals surface area contributed by atoms with Gasteiger partial charge in [0.2, 0.25) is 0 Å². The first-order valence-corrected chi connectivity index (χ1v) is 12.6. The fourth-order valence-electron chi connectivity index (χ4n) is 3.29. The number of hydrogen-bond acceptors (Lipinski definition) is 5. The van der Waals surface area contributed by atoms with Gasteiger partial charge in [0.1, 0.15) is 0 Å². The number of aromatic nitrogens is 3. The van der Waals surface area contributed by atoms with Crippen molar-refractivity contribution in [1.29, 1.82) is 0 Å². The van der Waals surface area contributed by atoms with Crippen LogP contribution in [-0.2, 0) is 16.0 Å². The summed E-state index contributed by atoms with van der Waals surface area (Å²) in [6.07, 6.45) is -2.25. The van der Waals surface area contributed by atoms with Gasteiger partial charge in [0.25, 0.3) is 0 Å². The molecule has 0 aliphatic rings. The van der Waals surface area contributed by atoms with Crippen LogP contribution in [0, 0.1) is 6.92 Å². The summed E-state index contributed by atoms with van der Waals surface area (Å²) in [4.78, 5) is 9.17. The van der Waals surface area contributed by atoms with Gasteiger partial charge in [-0.05, 0) is 42.8 Å². The molecule has 33 heavy (non-hydrogen) atoms. The van der Waals surface area contributed by atoms with Crippen LogP contribution < -0.4 is 0 Å². The molecule has 172 valence electrons. The summed E-state index contributed by atoms with van der Waals surface area (Å²) in [6, 6.07) is 11.7. The number of thiophene rings is 1. The van der Waals surface area contributed by atoms with Gasteiger partial charge >= 0.3 is 6.18 Å². The topological polar surface area (TPSA) is 64.8 Å².